The Morgan fingerprint density at radius 2 is 1.96 bits per heavy atom. The predicted molar refractivity (Wildman–Crippen MR) is 102 cm³/mol. The molecule has 0 atom stereocenters. The van der Waals surface area contributed by atoms with Crippen LogP contribution in [0.25, 0.3) is 0 Å². The van der Waals surface area contributed by atoms with Crippen LogP contribution in [0, 0.1) is 12.7 Å². The lowest BCUT2D eigenvalue weighted by Gasteiger charge is -2.15. The highest BCUT2D eigenvalue weighted by Gasteiger charge is 2.17. The van der Waals surface area contributed by atoms with Crippen molar-refractivity contribution < 1.29 is 18.7 Å². The minimum atomic E-state index is -0.418. The second-order valence-electron chi connectivity index (χ2n) is 5.83. The Hall–Kier alpha value is -2.27. The van der Waals surface area contributed by atoms with E-state index in [1.54, 1.807) is 19.1 Å². The number of carbonyl (C=O) groups is 1. The van der Waals surface area contributed by atoms with Crippen molar-refractivity contribution in [1.29, 1.82) is 0 Å². The van der Waals surface area contributed by atoms with E-state index < -0.39 is 11.7 Å². The molecule has 6 heteroatoms. The summed E-state index contributed by atoms with van der Waals surface area (Å²) in [5.41, 5.74) is 1.48. The van der Waals surface area contributed by atoms with Gasteiger partial charge in [0.15, 0.2) is 11.5 Å². The average molecular weight is 380 g/mol. The largest absolute Gasteiger partial charge is 0.490 e. The van der Waals surface area contributed by atoms with Gasteiger partial charge in [-0.25, -0.2) is 4.39 Å². The van der Waals surface area contributed by atoms with Crippen LogP contribution in [0.15, 0.2) is 30.3 Å². The van der Waals surface area contributed by atoms with Crippen molar-refractivity contribution >= 4 is 23.2 Å². The lowest BCUT2D eigenvalue weighted by molar-refractivity contribution is 0.102. The van der Waals surface area contributed by atoms with Gasteiger partial charge in [0.1, 0.15) is 5.82 Å². The molecule has 0 saturated heterocycles. The van der Waals surface area contributed by atoms with Crippen LogP contribution in [-0.4, -0.2) is 19.1 Å². The molecule has 0 spiro atoms. The number of carbonyl (C=O) groups excluding carboxylic acids is 1. The molecule has 0 fully saturated rings. The van der Waals surface area contributed by atoms with Crippen molar-refractivity contribution in [1.82, 2.24) is 0 Å². The van der Waals surface area contributed by atoms with Gasteiger partial charge in [-0.05, 0) is 50.1 Å². The molecular weight excluding hydrogens is 357 g/mol. The zero-order valence-corrected chi connectivity index (χ0v) is 16.0. The Balaban J connectivity index is 2.27. The lowest BCUT2D eigenvalue weighted by atomic mass is 10.1. The number of hydrogen-bond donors (Lipinski definition) is 1. The zero-order valence-electron chi connectivity index (χ0n) is 15.2. The van der Waals surface area contributed by atoms with Gasteiger partial charge in [-0.2, -0.15) is 0 Å². The fraction of sp³-hybridized carbons (Fsp3) is 0.350. The third kappa shape index (κ3) is 5.11. The molecule has 2 aromatic carbocycles. The molecule has 140 valence electrons. The van der Waals surface area contributed by atoms with E-state index in [-0.39, 0.29) is 0 Å². The second kappa shape index (κ2) is 9.43. The average Bonchev–Trinajstić information content (AvgIpc) is 2.60. The molecule has 0 aliphatic rings. The molecule has 26 heavy (non-hydrogen) atoms. The standard InChI is InChI=1S/C20H23ClFNO3/c1-4-6-9-26-19-16(21)10-14(11-18(19)25-5-2)20(24)23-17-12-15(22)8-7-13(17)3/h7-8,10-12H,4-6,9H2,1-3H3,(H,23,24). The molecule has 2 rings (SSSR count). The number of anilines is 1. The summed E-state index contributed by atoms with van der Waals surface area (Å²) in [5.74, 6) is 0.0259. The highest BCUT2D eigenvalue weighted by molar-refractivity contribution is 6.32. The summed E-state index contributed by atoms with van der Waals surface area (Å²) in [4.78, 5) is 12.6. The minimum absolute atomic E-state index is 0.299. The van der Waals surface area contributed by atoms with Crippen molar-refractivity contribution in [2.24, 2.45) is 0 Å². The van der Waals surface area contributed by atoms with Crippen LogP contribution in [0.1, 0.15) is 42.6 Å². The Morgan fingerprint density at radius 1 is 1.19 bits per heavy atom. The van der Waals surface area contributed by atoms with E-state index in [1.165, 1.54) is 18.2 Å². The van der Waals surface area contributed by atoms with Gasteiger partial charge in [0.05, 0.1) is 18.2 Å². The maximum atomic E-state index is 13.4. The number of benzene rings is 2. The molecule has 0 aliphatic heterocycles. The summed E-state index contributed by atoms with van der Waals surface area (Å²) < 4.78 is 24.7. The summed E-state index contributed by atoms with van der Waals surface area (Å²) >= 11 is 6.31. The summed E-state index contributed by atoms with van der Waals surface area (Å²) in [6.07, 6.45) is 1.89. The van der Waals surface area contributed by atoms with Gasteiger partial charge in [0.2, 0.25) is 0 Å². The van der Waals surface area contributed by atoms with E-state index in [2.05, 4.69) is 12.2 Å². The van der Waals surface area contributed by atoms with Crippen LogP contribution in [0.3, 0.4) is 0 Å². The maximum Gasteiger partial charge on any atom is 0.255 e. The van der Waals surface area contributed by atoms with Gasteiger partial charge in [-0.1, -0.05) is 31.0 Å². The van der Waals surface area contributed by atoms with Crippen LogP contribution < -0.4 is 14.8 Å². The molecule has 4 nitrogen and oxygen atoms in total. The Bertz CT molecular complexity index is 780. The van der Waals surface area contributed by atoms with Crippen LogP contribution in [0.2, 0.25) is 5.02 Å². The van der Waals surface area contributed by atoms with Crippen LogP contribution >= 0.6 is 11.6 Å². The van der Waals surface area contributed by atoms with Crippen molar-refractivity contribution in [3.05, 3.63) is 52.3 Å². The van der Waals surface area contributed by atoms with E-state index in [1.807, 2.05) is 6.92 Å². The van der Waals surface area contributed by atoms with Crippen LogP contribution in [-0.2, 0) is 0 Å². The predicted octanol–water partition coefficient (Wildman–Crippen LogP) is 5.62. The molecular formula is C20H23ClFNO3. The Labute approximate surface area is 158 Å². The number of halogens is 2. The zero-order chi connectivity index (χ0) is 19.1. The minimum Gasteiger partial charge on any atom is -0.490 e. The van der Waals surface area contributed by atoms with E-state index in [0.29, 0.717) is 41.0 Å². The summed E-state index contributed by atoms with van der Waals surface area (Å²) in [5, 5.41) is 3.00. The van der Waals surface area contributed by atoms with Gasteiger partial charge < -0.3 is 14.8 Å². The Kier molecular flexibility index (Phi) is 7.27. The number of hydrogen-bond acceptors (Lipinski definition) is 3. The van der Waals surface area contributed by atoms with Gasteiger partial charge >= 0.3 is 0 Å². The molecule has 0 heterocycles. The van der Waals surface area contributed by atoms with Crippen LogP contribution in [0.4, 0.5) is 10.1 Å². The van der Waals surface area contributed by atoms with Gasteiger partial charge in [0.25, 0.3) is 5.91 Å². The Morgan fingerprint density at radius 3 is 2.65 bits per heavy atom. The maximum absolute atomic E-state index is 13.4. The van der Waals surface area contributed by atoms with E-state index in [9.17, 15) is 9.18 Å². The number of rotatable bonds is 8. The highest BCUT2D eigenvalue weighted by Crippen LogP contribution is 2.37. The molecule has 0 unspecified atom stereocenters. The third-order valence-corrected chi connectivity index (χ3v) is 4.04. The first-order valence-electron chi connectivity index (χ1n) is 8.62. The first kappa shape index (κ1) is 20.0. The molecule has 1 amide bonds. The smallest absolute Gasteiger partial charge is 0.255 e. The second-order valence-corrected chi connectivity index (χ2v) is 6.24. The van der Waals surface area contributed by atoms with Crippen molar-refractivity contribution in [2.75, 3.05) is 18.5 Å². The molecule has 0 saturated carbocycles. The summed E-state index contributed by atoms with van der Waals surface area (Å²) in [7, 11) is 0. The molecule has 0 bridgehead atoms. The van der Waals surface area contributed by atoms with E-state index >= 15 is 0 Å². The van der Waals surface area contributed by atoms with Crippen LogP contribution in [0.5, 0.6) is 11.5 Å². The molecule has 0 radical (unpaired) electrons. The van der Waals surface area contributed by atoms with Gasteiger partial charge in [0, 0.05) is 11.3 Å². The van der Waals surface area contributed by atoms with Crippen molar-refractivity contribution in [3.8, 4) is 11.5 Å². The fourth-order valence-corrected chi connectivity index (χ4v) is 2.61. The first-order valence-corrected chi connectivity index (χ1v) is 9.00. The highest BCUT2D eigenvalue weighted by atomic mass is 35.5. The third-order valence-electron chi connectivity index (χ3n) is 3.76. The number of unbranched alkanes of at least 4 members (excludes halogenated alkanes) is 1. The number of ether oxygens (including phenoxy) is 2. The van der Waals surface area contributed by atoms with Crippen molar-refractivity contribution in [3.63, 3.8) is 0 Å². The molecule has 0 aliphatic carbocycles. The van der Waals surface area contributed by atoms with E-state index in [0.717, 1.165) is 18.4 Å². The summed E-state index contributed by atoms with van der Waals surface area (Å²) in [6, 6.07) is 7.34. The topological polar surface area (TPSA) is 47.6 Å². The van der Waals surface area contributed by atoms with E-state index in [4.69, 9.17) is 21.1 Å². The number of aryl methyl sites for hydroxylation is 1. The first-order chi connectivity index (χ1) is 12.5. The number of amides is 1. The number of nitrogens with one attached hydrogen (secondary N) is 1. The monoisotopic (exact) mass is 379 g/mol. The lowest BCUT2D eigenvalue weighted by Crippen LogP contribution is -2.14. The fourth-order valence-electron chi connectivity index (χ4n) is 2.34. The molecule has 0 aromatic heterocycles. The quantitative estimate of drug-likeness (QED) is 0.606. The molecule has 1 N–H and O–H groups in total. The van der Waals surface area contributed by atoms with Crippen molar-refractivity contribution in [2.45, 2.75) is 33.6 Å². The normalized spacial score (nSPS) is 10.5. The molecule has 2 aromatic rings. The SMILES string of the molecule is CCCCOc1c(Cl)cc(C(=O)Nc2cc(F)ccc2C)cc1OCC. The summed E-state index contributed by atoms with van der Waals surface area (Å²) in [6.45, 7) is 6.63. The van der Waals surface area contributed by atoms with Gasteiger partial charge in [-0.15, -0.1) is 0 Å². The van der Waals surface area contributed by atoms with Gasteiger partial charge in [-0.3, -0.25) is 4.79 Å².